The van der Waals surface area contributed by atoms with E-state index in [9.17, 15) is 0 Å². The number of rotatable bonds is 5. The van der Waals surface area contributed by atoms with Gasteiger partial charge in [0.25, 0.3) is 0 Å². The molecule has 1 heterocycles. The van der Waals surface area contributed by atoms with Crippen molar-refractivity contribution in [2.75, 3.05) is 12.3 Å². The first kappa shape index (κ1) is 15.1. The maximum Gasteiger partial charge on any atom is 0.249 e. The van der Waals surface area contributed by atoms with Gasteiger partial charge in [-0.1, -0.05) is 19.1 Å². The second-order valence-corrected chi connectivity index (χ2v) is 5.00. The van der Waals surface area contributed by atoms with Gasteiger partial charge in [0.2, 0.25) is 11.8 Å². The second-order valence-electron chi connectivity index (χ2n) is 5.00. The third kappa shape index (κ3) is 3.24. The lowest BCUT2D eigenvalue weighted by atomic mass is 10.1. The van der Waals surface area contributed by atoms with Crippen molar-refractivity contribution in [2.45, 2.75) is 34.1 Å². The maximum absolute atomic E-state index is 6.04. The van der Waals surface area contributed by atoms with E-state index in [4.69, 9.17) is 15.2 Å². The molecular formula is C16H21N3O2. The van der Waals surface area contributed by atoms with E-state index in [-0.39, 0.29) is 0 Å². The summed E-state index contributed by atoms with van der Waals surface area (Å²) in [4.78, 5) is 8.16. The molecule has 0 aliphatic rings. The van der Waals surface area contributed by atoms with E-state index >= 15 is 0 Å². The van der Waals surface area contributed by atoms with Crippen molar-refractivity contribution in [2.24, 2.45) is 0 Å². The van der Waals surface area contributed by atoms with Crippen LogP contribution in [0.25, 0.3) is 0 Å². The van der Waals surface area contributed by atoms with Gasteiger partial charge in [0.15, 0.2) is 5.69 Å². The normalized spacial score (nSPS) is 10.5. The van der Waals surface area contributed by atoms with Crippen LogP contribution in [0.4, 0.5) is 5.69 Å². The minimum Gasteiger partial charge on any atom is -0.476 e. The smallest absolute Gasteiger partial charge is 0.249 e. The summed E-state index contributed by atoms with van der Waals surface area (Å²) >= 11 is 0. The summed E-state index contributed by atoms with van der Waals surface area (Å²) in [5.41, 5.74) is 9.63. The first-order valence-electron chi connectivity index (χ1n) is 7.02. The van der Waals surface area contributed by atoms with Crippen LogP contribution in [0, 0.1) is 20.8 Å². The first-order valence-corrected chi connectivity index (χ1v) is 7.02. The molecule has 5 heteroatoms. The van der Waals surface area contributed by atoms with Crippen LogP contribution < -0.4 is 15.2 Å². The predicted octanol–water partition coefficient (Wildman–Crippen LogP) is 3.57. The van der Waals surface area contributed by atoms with Gasteiger partial charge in [0, 0.05) is 0 Å². The Hall–Kier alpha value is -2.30. The highest BCUT2D eigenvalue weighted by molar-refractivity contribution is 5.58. The van der Waals surface area contributed by atoms with E-state index in [2.05, 4.69) is 16.0 Å². The fourth-order valence-electron chi connectivity index (χ4n) is 1.94. The van der Waals surface area contributed by atoms with E-state index in [1.54, 1.807) is 0 Å². The predicted molar refractivity (Wildman–Crippen MR) is 83.0 cm³/mol. The molecule has 0 fully saturated rings. The van der Waals surface area contributed by atoms with Gasteiger partial charge in [-0.15, -0.1) is 0 Å². The Kier molecular flexibility index (Phi) is 4.62. The standard InChI is InChI=1S/C16H21N3O2/c1-5-8-20-15-13(17)16(19-9-18-15)21-14-11(3)7-6-10(2)12(14)4/h6-7,9H,5,8,17H2,1-4H3. The van der Waals surface area contributed by atoms with E-state index in [0.717, 1.165) is 28.9 Å². The summed E-state index contributed by atoms with van der Waals surface area (Å²) < 4.78 is 11.4. The molecule has 0 saturated heterocycles. The van der Waals surface area contributed by atoms with Crippen molar-refractivity contribution in [1.29, 1.82) is 0 Å². The molecule has 0 unspecified atom stereocenters. The van der Waals surface area contributed by atoms with Crippen LogP contribution in [0.5, 0.6) is 17.5 Å². The quantitative estimate of drug-likeness (QED) is 0.910. The van der Waals surface area contributed by atoms with Crippen molar-refractivity contribution in [3.05, 3.63) is 35.2 Å². The van der Waals surface area contributed by atoms with E-state index in [0.29, 0.717) is 24.1 Å². The molecule has 1 aromatic heterocycles. The van der Waals surface area contributed by atoms with Crippen molar-refractivity contribution in [1.82, 2.24) is 9.97 Å². The third-order valence-corrected chi connectivity index (χ3v) is 3.33. The summed E-state index contributed by atoms with van der Waals surface area (Å²) in [7, 11) is 0. The van der Waals surface area contributed by atoms with Crippen molar-refractivity contribution >= 4 is 5.69 Å². The average Bonchev–Trinajstić information content (AvgIpc) is 2.48. The Labute approximate surface area is 125 Å². The first-order chi connectivity index (χ1) is 10.0. The molecule has 0 spiro atoms. The third-order valence-electron chi connectivity index (χ3n) is 3.33. The summed E-state index contributed by atoms with van der Waals surface area (Å²) in [6, 6.07) is 4.08. The lowest BCUT2D eigenvalue weighted by molar-refractivity contribution is 0.304. The van der Waals surface area contributed by atoms with Gasteiger partial charge < -0.3 is 15.2 Å². The number of aryl methyl sites for hydroxylation is 2. The average molecular weight is 287 g/mol. The monoisotopic (exact) mass is 287 g/mol. The van der Waals surface area contributed by atoms with Crippen LogP contribution in [0.15, 0.2) is 18.5 Å². The molecule has 2 N–H and O–H groups in total. The maximum atomic E-state index is 6.04. The van der Waals surface area contributed by atoms with Crippen LogP contribution in [0.3, 0.4) is 0 Å². The van der Waals surface area contributed by atoms with E-state index in [1.165, 1.54) is 6.33 Å². The number of benzene rings is 1. The van der Waals surface area contributed by atoms with Gasteiger partial charge in [-0.2, -0.15) is 9.97 Å². The zero-order valence-corrected chi connectivity index (χ0v) is 12.9. The lowest BCUT2D eigenvalue weighted by Crippen LogP contribution is -2.05. The molecule has 2 aromatic rings. The van der Waals surface area contributed by atoms with Crippen LogP contribution in [0.1, 0.15) is 30.0 Å². The second kappa shape index (κ2) is 6.43. The van der Waals surface area contributed by atoms with Gasteiger partial charge in [0.1, 0.15) is 12.1 Å². The van der Waals surface area contributed by atoms with Gasteiger partial charge in [-0.25, -0.2) is 0 Å². The number of aromatic nitrogens is 2. The van der Waals surface area contributed by atoms with E-state index in [1.807, 2.05) is 33.8 Å². The molecule has 0 aliphatic heterocycles. The van der Waals surface area contributed by atoms with Crippen LogP contribution in [-0.2, 0) is 0 Å². The summed E-state index contributed by atoms with van der Waals surface area (Å²) in [6.07, 6.45) is 2.28. The SMILES string of the molecule is CCCOc1ncnc(Oc2c(C)ccc(C)c2C)c1N. The number of hydrogen-bond donors (Lipinski definition) is 1. The molecule has 2 rings (SSSR count). The number of ether oxygens (including phenoxy) is 2. The summed E-state index contributed by atoms with van der Waals surface area (Å²) in [5.74, 6) is 1.47. The largest absolute Gasteiger partial charge is 0.476 e. The highest BCUT2D eigenvalue weighted by Gasteiger charge is 2.14. The van der Waals surface area contributed by atoms with Gasteiger partial charge in [0.05, 0.1) is 6.61 Å². The number of anilines is 1. The molecule has 0 saturated carbocycles. The molecule has 0 amide bonds. The molecule has 0 radical (unpaired) electrons. The Bertz CT molecular complexity index is 642. The highest BCUT2D eigenvalue weighted by Crippen LogP contribution is 2.34. The van der Waals surface area contributed by atoms with Crippen LogP contribution in [-0.4, -0.2) is 16.6 Å². The fourth-order valence-corrected chi connectivity index (χ4v) is 1.94. The lowest BCUT2D eigenvalue weighted by Gasteiger charge is -2.15. The summed E-state index contributed by atoms with van der Waals surface area (Å²) in [5, 5.41) is 0. The molecular weight excluding hydrogens is 266 g/mol. The van der Waals surface area contributed by atoms with Crippen LogP contribution in [0.2, 0.25) is 0 Å². The van der Waals surface area contributed by atoms with E-state index < -0.39 is 0 Å². The number of nitrogens with zero attached hydrogens (tertiary/aromatic N) is 2. The van der Waals surface area contributed by atoms with Crippen molar-refractivity contribution < 1.29 is 9.47 Å². The minimum absolute atomic E-state index is 0.325. The molecule has 21 heavy (non-hydrogen) atoms. The Morgan fingerprint density at radius 2 is 1.71 bits per heavy atom. The van der Waals surface area contributed by atoms with Crippen molar-refractivity contribution in [3.8, 4) is 17.5 Å². The summed E-state index contributed by atoms with van der Waals surface area (Å²) in [6.45, 7) is 8.63. The number of nitrogen functional groups attached to an aromatic ring is 1. The van der Waals surface area contributed by atoms with Gasteiger partial charge in [-0.05, 0) is 43.9 Å². The topological polar surface area (TPSA) is 70.3 Å². The minimum atomic E-state index is 0.325. The van der Waals surface area contributed by atoms with Gasteiger partial charge >= 0.3 is 0 Å². The molecule has 1 aromatic carbocycles. The molecule has 0 aliphatic carbocycles. The zero-order chi connectivity index (χ0) is 15.4. The fraction of sp³-hybridized carbons (Fsp3) is 0.375. The molecule has 0 bridgehead atoms. The number of nitrogens with two attached hydrogens (primary N) is 1. The Morgan fingerprint density at radius 3 is 2.43 bits per heavy atom. The van der Waals surface area contributed by atoms with Crippen LogP contribution >= 0.6 is 0 Å². The number of hydrogen-bond acceptors (Lipinski definition) is 5. The molecule has 112 valence electrons. The zero-order valence-electron chi connectivity index (χ0n) is 12.9. The van der Waals surface area contributed by atoms with Gasteiger partial charge in [-0.3, -0.25) is 0 Å². The molecule has 0 atom stereocenters. The molecule has 5 nitrogen and oxygen atoms in total. The highest BCUT2D eigenvalue weighted by atomic mass is 16.5. The Morgan fingerprint density at radius 1 is 1.05 bits per heavy atom. The Balaban J connectivity index is 2.34. The van der Waals surface area contributed by atoms with Crippen molar-refractivity contribution in [3.63, 3.8) is 0 Å².